The molecule has 0 spiro atoms. The molecule has 1 amide bonds. The second kappa shape index (κ2) is 8.17. The normalized spacial score (nSPS) is 12.3. The van der Waals surface area contributed by atoms with Gasteiger partial charge in [-0.1, -0.05) is 24.2 Å². The smallest absolute Gasteiger partial charge is 0.272 e. The van der Waals surface area contributed by atoms with E-state index in [1.807, 2.05) is 13.8 Å². The van der Waals surface area contributed by atoms with Crippen LogP contribution in [-0.4, -0.2) is 25.7 Å². The Kier molecular flexibility index (Phi) is 5.41. The van der Waals surface area contributed by atoms with E-state index in [1.165, 1.54) is 22.7 Å². The van der Waals surface area contributed by atoms with E-state index in [9.17, 15) is 14.0 Å². The van der Waals surface area contributed by atoms with Crippen molar-refractivity contribution < 1.29 is 13.7 Å². The van der Waals surface area contributed by atoms with Gasteiger partial charge in [-0.3, -0.25) is 14.7 Å². The monoisotopic (exact) mass is 423 g/mol. The standard InChI is InChI=1S/C22H22FN5O3/c1-4-17-21(13(3)31-27-17)22(30)25-18(14-5-7-15(23)8-6-14)10-16-11-20(29)28-19(24-16)9-12(2)26-28/h5-9,11,18,26H,4,10H2,1-3H3,(H,25,30)/t18-/m1/s1. The number of halogens is 1. The number of carbonyl (C=O) groups is 1. The number of nitrogens with zero attached hydrogens (tertiary/aromatic N) is 3. The summed E-state index contributed by atoms with van der Waals surface area (Å²) in [6.07, 6.45) is 0.794. The van der Waals surface area contributed by atoms with E-state index in [1.54, 1.807) is 25.1 Å². The van der Waals surface area contributed by atoms with Crippen LogP contribution in [-0.2, 0) is 12.8 Å². The molecule has 0 radical (unpaired) electrons. The van der Waals surface area contributed by atoms with E-state index in [2.05, 4.69) is 20.6 Å². The van der Waals surface area contributed by atoms with Gasteiger partial charge in [0.1, 0.15) is 17.1 Å². The van der Waals surface area contributed by atoms with Gasteiger partial charge in [-0.15, -0.1) is 0 Å². The van der Waals surface area contributed by atoms with Crippen LogP contribution in [0.25, 0.3) is 5.65 Å². The molecule has 1 aromatic carbocycles. The Hall–Kier alpha value is -3.75. The van der Waals surface area contributed by atoms with Crippen LogP contribution in [0, 0.1) is 19.7 Å². The fourth-order valence-corrected chi connectivity index (χ4v) is 3.60. The fraction of sp³-hybridized carbons (Fsp3) is 0.273. The second-order valence-corrected chi connectivity index (χ2v) is 7.41. The first kappa shape index (κ1) is 20.5. The fourth-order valence-electron chi connectivity index (χ4n) is 3.60. The third-order valence-corrected chi connectivity index (χ3v) is 5.12. The van der Waals surface area contributed by atoms with Gasteiger partial charge in [0, 0.05) is 24.2 Å². The van der Waals surface area contributed by atoms with Gasteiger partial charge in [0.2, 0.25) is 0 Å². The van der Waals surface area contributed by atoms with Crippen molar-refractivity contribution in [2.75, 3.05) is 0 Å². The minimum Gasteiger partial charge on any atom is -0.361 e. The molecule has 0 aliphatic rings. The largest absolute Gasteiger partial charge is 0.361 e. The van der Waals surface area contributed by atoms with Crippen LogP contribution < -0.4 is 10.9 Å². The summed E-state index contributed by atoms with van der Waals surface area (Å²) in [4.78, 5) is 30.0. The van der Waals surface area contributed by atoms with Crippen LogP contribution >= 0.6 is 0 Å². The maximum Gasteiger partial charge on any atom is 0.272 e. The molecule has 160 valence electrons. The molecule has 0 fully saturated rings. The Balaban J connectivity index is 1.69. The van der Waals surface area contributed by atoms with Crippen LogP contribution in [0.1, 0.15) is 51.7 Å². The molecule has 8 nitrogen and oxygen atoms in total. The molecular weight excluding hydrogens is 401 g/mol. The zero-order valence-electron chi connectivity index (χ0n) is 17.4. The van der Waals surface area contributed by atoms with Crippen LogP contribution in [0.3, 0.4) is 0 Å². The van der Waals surface area contributed by atoms with Crippen molar-refractivity contribution in [3.8, 4) is 0 Å². The molecule has 0 unspecified atom stereocenters. The molecule has 0 aliphatic carbocycles. The van der Waals surface area contributed by atoms with Crippen molar-refractivity contribution in [3.63, 3.8) is 0 Å². The predicted molar refractivity (Wildman–Crippen MR) is 111 cm³/mol. The Labute approximate surface area is 177 Å². The van der Waals surface area contributed by atoms with Gasteiger partial charge < -0.3 is 9.84 Å². The average Bonchev–Trinajstić information content (AvgIpc) is 3.30. The number of aryl methyl sites for hydroxylation is 3. The second-order valence-electron chi connectivity index (χ2n) is 7.41. The lowest BCUT2D eigenvalue weighted by atomic mass is 10.0. The Bertz CT molecular complexity index is 1300. The summed E-state index contributed by atoms with van der Waals surface area (Å²) >= 11 is 0. The van der Waals surface area contributed by atoms with Gasteiger partial charge >= 0.3 is 0 Å². The highest BCUT2D eigenvalue weighted by molar-refractivity contribution is 5.96. The zero-order valence-corrected chi connectivity index (χ0v) is 17.4. The van der Waals surface area contributed by atoms with E-state index in [0.717, 1.165) is 5.69 Å². The van der Waals surface area contributed by atoms with Crippen LogP contribution in [0.2, 0.25) is 0 Å². The molecule has 0 aliphatic heterocycles. The minimum absolute atomic E-state index is 0.249. The Morgan fingerprint density at radius 2 is 2.00 bits per heavy atom. The maximum atomic E-state index is 13.5. The number of aromatic amines is 1. The molecular formula is C22H22FN5O3. The first-order chi connectivity index (χ1) is 14.9. The van der Waals surface area contributed by atoms with Gasteiger partial charge in [-0.25, -0.2) is 13.9 Å². The Morgan fingerprint density at radius 1 is 1.26 bits per heavy atom. The van der Waals surface area contributed by atoms with Crippen molar-refractivity contribution >= 4 is 11.6 Å². The molecule has 4 rings (SSSR count). The SMILES string of the molecule is CCc1noc(C)c1C(=O)N[C@H](Cc1cc(=O)n2[nH]c(C)cc2n1)c1ccc(F)cc1. The van der Waals surface area contributed by atoms with E-state index in [4.69, 9.17) is 4.52 Å². The van der Waals surface area contributed by atoms with Crippen molar-refractivity contribution in [3.05, 3.63) is 86.5 Å². The summed E-state index contributed by atoms with van der Waals surface area (Å²) in [6, 6.07) is 8.52. The van der Waals surface area contributed by atoms with Crippen molar-refractivity contribution in [2.24, 2.45) is 0 Å². The predicted octanol–water partition coefficient (Wildman–Crippen LogP) is 3.04. The molecule has 0 saturated carbocycles. The molecule has 31 heavy (non-hydrogen) atoms. The molecule has 3 heterocycles. The number of H-pyrrole nitrogens is 1. The molecule has 0 bridgehead atoms. The van der Waals surface area contributed by atoms with Crippen molar-refractivity contribution in [1.82, 2.24) is 25.1 Å². The van der Waals surface area contributed by atoms with E-state index >= 15 is 0 Å². The van der Waals surface area contributed by atoms with Crippen LogP contribution in [0.5, 0.6) is 0 Å². The lowest BCUT2D eigenvalue weighted by Crippen LogP contribution is -2.31. The Morgan fingerprint density at radius 3 is 2.71 bits per heavy atom. The first-order valence-electron chi connectivity index (χ1n) is 9.95. The van der Waals surface area contributed by atoms with Gasteiger partial charge in [-0.2, -0.15) is 0 Å². The van der Waals surface area contributed by atoms with E-state index in [0.29, 0.717) is 40.3 Å². The van der Waals surface area contributed by atoms with Gasteiger partial charge in [0.25, 0.3) is 11.5 Å². The number of rotatable bonds is 6. The first-order valence-corrected chi connectivity index (χ1v) is 9.95. The van der Waals surface area contributed by atoms with Gasteiger partial charge in [-0.05, 0) is 38.0 Å². The highest BCUT2D eigenvalue weighted by Crippen LogP contribution is 2.21. The topological polar surface area (TPSA) is 105 Å². The molecule has 1 atom stereocenters. The lowest BCUT2D eigenvalue weighted by molar-refractivity contribution is 0.0934. The molecule has 4 aromatic rings. The summed E-state index contributed by atoms with van der Waals surface area (Å²) in [5.41, 5.74) is 3.20. The summed E-state index contributed by atoms with van der Waals surface area (Å²) in [5.74, 6) is -0.300. The molecule has 9 heteroatoms. The average molecular weight is 423 g/mol. The number of fused-ring (bicyclic) bond motifs is 1. The van der Waals surface area contributed by atoms with Crippen molar-refractivity contribution in [1.29, 1.82) is 0 Å². The van der Waals surface area contributed by atoms with E-state index < -0.39 is 6.04 Å². The number of amides is 1. The maximum absolute atomic E-state index is 13.5. The number of benzene rings is 1. The zero-order chi connectivity index (χ0) is 22.1. The van der Waals surface area contributed by atoms with Gasteiger partial charge in [0.05, 0.1) is 17.4 Å². The van der Waals surface area contributed by atoms with Crippen molar-refractivity contribution in [2.45, 2.75) is 39.7 Å². The van der Waals surface area contributed by atoms with Crippen LogP contribution in [0.15, 0.2) is 45.7 Å². The number of hydrogen-bond acceptors (Lipinski definition) is 5. The number of nitrogens with one attached hydrogen (secondary N) is 2. The highest BCUT2D eigenvalue weighted by atomic mass is 19.1. The molecule has 3 aromatic heterocycles. The number of hydrogen-bond donors (Lipinski definition) is 2. The summed E-state index contributed by atoms with van der Waals surface area (Å²) in [5, 5.41) is 9.84. The third kappa shape index (κ3) is 4.11. The highest BCUT2D eigenvalue weighted by Gasteiger charge is 2.24. The number of aromatic nitrogens is 4. The summed E-state index contributed by atoms with van der Waals surface area (Å²) < 4.78 is 20.0. The van der Waals surface area contributed by atoms with E-state index in [-0.39, 0.29) is 23.7 Å². The van der Waals surface area contributed by atoms with Gasteiger partial charge in [0.15, 0.2) is 5.65 Å². The third-order valence-electron chi connectivity index (χ3n) is 5.12. The summed E-state index contributed by atoms with van der Waals surface area (Å²) in [7, 11) is 0. The van der Waals surface area contributed by atoms with Crippen LogP contribution in [0.4, 0.5) is 4.39 Å². The quantitative estimate of drug-likeness (QED) is 0.496. The summed E-state index contributed by atoms with van der Waals surface area (Å²) in [6.45, 7) is 5.40. The number of carbonyl (C=O) groups excluding carboxylic acids is 1. The molecule has 0 saturated heterocycles. The minimum atomic E-state index is -0.540. The molecule has 2 N–H and O–H groups in total. The lowest BCUT2D eigenvalue weighted by Gasteiger charge is -2.19.